The van der Waals surface area contributed by atoms with Crippen LogP contribution in [0.1, 0.15) is 258 Å². The Hall–Kier alpha value is -3.07. The lowest BCUT2D eigenvalue weighted by molar-refractivity contribution is -0.870. The molecule has 0 aromatic rings. The Balaban J connectivity index is 5.35. The highest BCUT2D eigenvalue weighted by atomic mass is 31.2. The number of esters is 1. The van der Waals surface area contributed by atoms with Crippen LogP contribution in [0, 0.1) is 0 Å². The van der Waals surface area contributed by atoms with Gasteiger partial charge in [-0.05, 0) is 115 Å². The third kappa shape index (κ3) is 55.7. The number of carbonyl (C=O) groups is 2. The van der Waals surface area contributed by atoms with Gasteiger partial charge in [-0.3, -0.25) is 18.6 Å². The maximum Gasteiger partial charge on any atom is 0.472 e. The molecule has 0 saturated heterocycles. The Bertz CT molecular complexity index is 1620. The summed E-state index contributed by atoms with van der Waals surface area (Å²) in [5, 5.41) is 3.04. The molecule has 0 aliphatic heterocycles. The predicted molar refractivity (Wildman–Crippen MR) is 327 cm³/mol. The number of hydrogen-bond acceptors (Lipinski definition) is 6. The molecule has 1 amide bonds. The second-order valence-corrected chi connectivity index (χ2v) is 23.3. The molecule has 3 atom stereocenters. The largest absolute Gasteiger partial charge is 0.472 e. The summed E-state index contributed by atoms with van der Waals surface area (Å²) in [6.45, 7) is 6.92. The minimum atomic E-state index is -4.46. The summed E-state index contributed by atoms with van der Waals surface area (Å²) in [6.07, 6.45) is 74.0. The van der Waals surface area contributed by atoms with E-state index in [1.165, 1.54) is 103 Å². The molecule has 0 aliphatic carbocycles. The fourth-order valence-corrected chi connectivity index (χ4v) is 9.14. The van der Waals surface area contributed by atoms with Crippen molar-refractivity contribution in [1.82, 2.24) is 5.32 Å². The van der Waals surface area contributed by atoms with Crippen LogP contribution in [-0.4, -0.2) is 74.3 Å². The molecule has 10 heteroatoms. The van der Waals surface area contributed by atoms with Crippen LogP contribution in [0.2, 0.25) is 0 Å². The number of unbranched alkanes of at least 4 members (excludes halogenated alkanes) is 25. The van der Waals surface area contributed by atoms with Gasteiger partial charge in [-0.2, -0.15) is 0 Å². The predicted octanol–water partition coefficient (Wildman–Crippen LogP) is 19.2. The molecular formula is C66H118N2O7P+. The molecule has 3 unspecified atom stereocenters. The number of phosphoric ester groups is 1. The van der Waals surface area contributed by atoms with Crippen LogP contribution in [0.15, 0.2) is 97.2 Å². The molecule has 0 spiro atoms. The van der Waals surface area contributed by atoms with Crippen molar-refractivity contribution in [3.8, 4) is 0 Å². The van der Waals surface area contributed by atoms with Crippen LogP contribution in [0.5, 0.6) is 0 Å². The first-order valence-electron chi connectivity index (χ1n) is 31.1. The number of nitrogens with zero attached hydrogens (tertiary/aromatic N) is 1. The van der Waals surface area contributed by atoms with E-state index in [0.717, 1.165) is 116 Å². The van der Waals surface area contributed by atoms with Gasteiger partial charge < -0.3 is 19.4 Å². The van der Waals surface area contributed by atoms with Gasteiger partial charge in [-0.1, -0.05) is 227 Å². The van der Waals surface area contributed by atoms with Crippen LogP contribution in [-0.2, 0) is 27.9 Å². The molecule has 76 heavy (non-hydrogen) atoms. The maximum absolute atomic E-state index is 13.5. The highest BCUT2D eigenvalue weighted by molar-refractivity contribution is 7.47. The number of carbonyl (C=O) groups excluding carboxylic acids is 2. The molecule has 0 bridgehead atoms. The number of hydrogen-bond donors (Lipinski definition) is 2. The standard InChI is InChI=1S/C66H117N2O7P/c1-7-10-13-16-19-22-25-28-30-32-33-34-35-37-38-40-43-46-49-52-55-58-65(69)67-63(62-74-76(71,72)73-61-60-68(4,5)6)64(57-54-51-48-45-42-27-24-21-18-15-12-9-3)75-66(70)59-56-53-50-47-44-41-39-36-31-29-26-23-20-17-14-11-8-2/h19-20,22-23,28-31,33-34,37-39,41,54,57,63-64H,7-18,21,24-27,32,35-36,40,42-53,55-56,58-62H2,1-6H3,(H-,67,69,71,72)/p+1/b22-19-,23-20-,30-28-,31-29-,34-33-,38-37-,41-39-,57-54-. The molecule has 2 N–H and O–H groups in total. The fraction of sp³-hybridized carbons (Fsp3) is 0.727. The van der Waals surface area contributed by atoms with Gasteiger partial charge >= 0.3 is 13.8 Å². The van der Waals surface area contributed by atoms with Crippen LogP contribution in [0.3, 0.4) is 0 Å². The van der Waals surface area contributed by atoms with Gasteiger partial charge in [0.2, 0.25) is 5.91 Å². The molecule has 0 aliphatic rings. The lowest BCUT2D eigenvalue weighted by Crippen LogP contribution is -2.47. The average molecular weight is 1080 g/mol. The quantitative estimate of drug-likeness (QED) is 0.0205. The number of ether oxygens (including phenoxy) is 1. The van der Waals surface area contributed by atoms with Gasteiger partial charge in [-0.25, -0.2) is 4.57 Å². The zero-order valence-corrected chi connectivity index (χ0v) is 50.9. The van der Waals surface area contributed by atoms with Gasteiger partial charge in [0.05, 0.1) is 33.8 Å². The first-order chi connectivity index (χ1) is 36.9. The number of allylic oxidation sites excluding steroid dienone is 15. The Morgan fingerprint density at radius 1 is 0.461 bits per heavy atom. The Morgan fingerprint density at radius 2 is 0.803 bits per heavy atom. The Kier molecular flexibility index (Phi) is 53.0. The number of nitrogens with one attached hydrogen (secondary N) is 1. The minimum Gasteiger partial charge on any atom is -0.456 e. The van der Waals surface area contributed by atoms with E-state index in [1.54, 1.807) is 0 Å². The normalized spacial score (nSPS) is 14.4. The number of amides is 1. The van der Waals surface area contributed by atoms with Crippen molar-refractivity contribution in [2.75, 3.05) is 40.9 Å². The van der Waals surface area contributed by atoms with E-state index in [4.69, 9.17) is 13.8 Å². The molecular weight excluding hydrogens is 964 g/mol. The Labute approximate surface area is 468 Å². The van der Waals surface area contributed by atoms with E-state index in [2.05, 4.69) is 111 Å². The van der Waals surface area contributed by atoms with Gasteiger partial charge in [-0.15, -0.1) is 0 Å². The van der Waals surface area contributed by atoms with E-state index in [0.29, 0.717) is 23.9 Å². The topological polar surface area (TPSA) is 111 Å². The van der Waals surface area contributed by atoms with E-state index >= 15 is 0 Å². The van der Waals surface area contributed by atoms with Crippen molar-refractivity contribution >= 4 is 19.7 Å². The summed E-state index contributed by atoms with van der Waals surface area (Å²) in [7, 11) is 1.46. The third-order valence-corrected chi connectivity index (χ3v) is 14.2. The highest BCUT2D eigenvalue weighted by Gasteiger charge is 2.30. The van der Waals surface area contributed by atoms with Crippen LogP contribution in [0.4, 0.5) is 0 Å². The highest BCUT2D eigenvalue weighted by Crippen LogP contribution is 2.43. The first-order valence-corrected chi connectivity index (χ1v) is 32.6. The van der Waals surface area contributed by atoms with Crippen molar-refractivity contribution in [2.24, 2.45) is 0 Å². The van der Waals surface area contributed by atoms with Crippen molar-refractivity contribution in [2.45, 2.75) is 270 Å². The van der Waals surface area contributed by atoms with Gasteiger partial charge in [0, 0.05) is 12.8 Å². The van der Waals surface area contributed by atoms with Crippen LogP contribution in [0.25, 0.3) is 0 Å². The van der Waals surface area contributed by atoms with E-state index in [-0.39, 0.29) is 31.5 Å². The van der Waals surface area contributed by atoms with E-state index < -0.39 is 20.0 Å². The number of likely N-dealkylation sites (N-methyl/N-ethyl adjacent to an activating group) is 1. The SMILES string of the molecule is CCCCC/C=C\C/C=C\C/C=C\C/C=C\CCCCCCCC(=O)NC(COP(=O)(O)OCC[N+](C)(C)C)C(/C=C\CCCCCCCCCCCC)OC(=O)CCCCCC/C=C\C/C=C\C/C=C\CCCCC. The van der Waals surface area contributed by atoms with Crippen LogP contribution >= 0.6 is 7.82 Å². The Morgan fingerprint density at radius 3 is 1.22 bits per heavy atom. The molecule has 0 aromatic heterocycles. The lowest BCUT2D eigenvalue weighted by Gasteiger charge is -2.27. The molecule has 0 rings (SSSR count). The molecule has 0 radical (unpaired) electrons. The zero-order valence-electron chi connectivity index (χ0n) is 50.0. The van der Waals surface area contributed by atoms with Crippen molar-refractivity contribution < 1.29 is 37.3 Å². The maximum atomic E-state index is 13.5. The van der Waals surface area contributed by atoms with Crippen molar-refractivity contribution in [3.63, 3.8) is 0 Å². The smallest absolute Gasteiger partial charge is 0.456 e. The van der Waals surface area contributed by atoms with Crippen molar-refractivity contribution in [3.05, 3.63) is 97.2 Å². The summed E-state index contributed by atoms with van der Waals surface area (Å²) in [5.41, 5.74) is 0. The summed E-state index contributed by atoms with van der Waals surface area (Å²) in [4.78, 5) is 37.7. The van der Waals surface area contributed by atoms with Crippen LogP contribution < -0.4 is 5.32 Å². The summed E-state index contributed by atoms with van der Waals surface area (Å²) in [5.74, 6) is -0.555. The molecule has 0 fully saturated rings. The fourth-order valence-electron chi connectivity index (χ4n) is 8.40. The average Bonchev–Trinajstić information content (AvgIpc) is 3.38. The second kappa shape index (κ2) is 55.3. The van der Waals surface area contributed by atoms with Crippen molar-refractivity contribution in [1.29, 1.82) is 0 Å². The molecule has 438 valence electrons. The van der Waals surface area contributed by atoms with E-state index in [1.807, 2.05) is 33.3 Å². The second-order valence-electron chi connectivity index (χ2n) is 21.9. The number of quaternary nitrogens is 1. The lowest BCUT2D eigenvalue weighted by atomic mass is 10.0. The first kappa shape index (κ1) is 72.9. The molecule has 0 aromatic carbocycles. The number of rotatable bonds is 55. The van der Waals surface area contributed by atoms with Gasteiger partial charge in [0.15, 0.2) is 0 Å². The molecule has 0 heterocycles. The third-order valence-electron chi connectivity index (χ3n) is 13.2. The monoisotopic (exact) mass is 1080 g/mol. The summed E-state index contributed by atoms with van der Waals surface area (Å²) >= 11 is 0. The minimum absolute atomic E-state index is 0.0278. The van der Waals surface area contributed by atoms with E-state index in [9.17, 15) is 19.0 Å². The summed E-state index contributed by atoms with van der Waals surface area (Å²) < 4.78 is 30.7. The molecule has 0 saturated carbocycles. The molecule has 9 nitrogen and oxygen atoms in total. The zero-order chi connectivity index (χ0) is 55.7. The van der Waals surface area contributed by atoms with Gasteiger partial charge in [0.1, 0.15) is 19.3 Å². The summed E-state index contributed by atoms with van der Waals surface area (Å²) in [6, 6.07) is -0.873. The van der Waals surface area contributed by atoms with Gasteiger partial charge in [0.25, 0.3) is 0 Å². The number of phosphoric acid groups is 1.